The van der Waals surface area contributed by atoms with Gasteiger partial charge in [0.1, 0.15) is 0 Å². The van der Waals surface area contributed by atoms with Crippen LogP contribution < -0.4 is 0 Å². The maximum Gasteiger partial charge on any atom is 0.0670 e. The summed E-state index contributed by atoms with van der Waals surface area (Å²) in [6.45, 7) is 4.68. The highest BCUT2D eigenvalue weighted by Crippen LogP contribution is 2.24. The molecule has 0 saturated carbocycles. The molecule has 0 bridgehead atoms. The van der Waals surface area contributed by atoms with Gasteiger partial charge in [-0.15, -0.1) is 0 Å². The van der Waals surface area contributed by atoms with E-state index in [1.165, 1.54) is 43.3 Å². The van der Waals surface area contributed by atoms with Crippen LogP contribution in [0.1, 0.15) is 19.3 Å². The maximum absolute atomic E-state index is 6.29. The number of benzene rings is 1. The molecule has 0 radical (unpaired) electrons. The highest BCUT2D eigenvalue weighted by atomic mass is 35.5. The minimum atomic E-state index is 0.858. The van der Waals surface area contributed by atoms with Crippen LogP contribution in [0.25, 0.3) is 10.9 Å². The third kappa shape index (κ3) is 2.40. The number of hydrogen-bond donors (Lipinski definition) is 0. The minimum Gasteiger partial charge on any atom is -0.345 e. The van der Waals surface area contributed by atoms with Crippen LogP contribution in [0.2, 0.25) is 5.02 Å². The molecule has 0 amide bonds. The van der Waals surface area contributed by atoms with Crippen molar-refractivity contribution in [3.63, 3.8) is 0 Å². The van der Waals surface area contributed by atoms with Gasteiger partial charge in [-0.3, -0.25) is 0 Å². The number of likely N-dealkylation sites (tertiary alicyclic amines) is 1. The van der Waals surface area contributed by atoms with E-state index in [9.17, 15) is 0 Å². The fourth-order valence-electron chi connectivity index (χ4n) is 2.83. The number of hydrogen-bond acceptors (Lipinski definition) is 1. The molecule has 2 nitrogen and oxygen atoms in total. The molecule has 2 heterocycles. The molecule has 3 rings (SSSR count). The summed E-state index contributed by atoms with van der Waals surface area (Å²) in [5.41, 5.74) is 1.18. The van der Waals surface area contributed by atoms with Gasteiger partial charge in [0.25, 0.3) is 0 Å². The maximum atomic E-state index is 6.29. The Morgan fingerprint density at radius 2 is 1.83 bits per heavy atom. The van der Waals surface area contributed by atoms with Gasteiger partial charge >= 0.3 is 0 Å². The van der Waals surface area contributed by atoms with Gasteiger partial charge in [-0.25, -0.2) is 0 Å². The van der Waals surface area contributed by atoms with Crippen LogP contribution in [0, 0.1) is 0 Å². The number of rotatable bonds is 3. The van der Waals surface area contributed by atoms with E-state index in [1.54, 1.807) is 0 Å². The highest BCUT2D eigenvalue weighted by molar-refractivity contribution is 6.35. The third-order valence-electron chi connectivity index (χ3n) is 3.85. The van der Waals surface area contributed by atoms with E-state index in [1.807, 2.05) is 12.1 Å². The molecule has 1 fully saturated rings. The van der Waals surface area contributed by atoms with Crippen LogP contribution in [0.4, 0.5) is 0 Å². The van der Waals surface area contributed by atoms with Crippen molar-refractivity contribution >= 4 is 22.5 Å². The summed E-state index contributed by atoms with van der Waals surface area (Å²) in [5, 5.41) is 2.09. The van der Waals surface area contributed by atoms with Crippen molar-refractivity contribution in [2.24, 2.45) is 0 Å². The molecular formula is C15H19ClN2. The largest absolute Gasteiger partial charge is 0.345 e. The first kappa shape index (κ1) is 12.1. The number of nitrogens with zero attached hydrogens (tertiary/aromatic N) is 2. The molecule has 0 unspecified atom stereocenters. The second kappa shape index (κ2) is 5.33. The Morgan fingerprint density at radius 1 is 1.00 bits per heavy atom. The van der Waals surface area contributed by atoms with E-state index in [2.05, 4.69) is 27.8 Å². The first-order chi connectivity index (χ1) is 8.84. The smallest absolute Gasteiger partial charge is 0.0670 e. The van der Waals surface area contributed by atoms with Crippen LogP contribution in [-0.2, 0) is 6.54 Å². The van der Waals surface area contributed by atoms with Crippen LogP contribution in [0.5, 0.6) is 0 Å². The van der Waals surface area contributed by atoms with E-state index in [-0.39, 0.29) is 0 Å². The molecule has 0 aliphatic carbocycles. The summed E-state index contributed by atoms with van der Waals surface area (Å²) in [7, 11) is 0. The minimum absolute atomic E-state index is 0.858. The molecule has 0 N–H and O–H groups in total. The summed E-state index contributed by atoms with van der Waals surface area (Å²) in [5.74, 6) is 0. The molecule has 96 valence electrons. The van der Waals surface area contributed by atoms with Crippen molar-refractivity contribution < 1.29 is 0 Å². The molecule has 18 heavy (non-hydrogen) atoms. The summed E-state index contributed by atoms with van der Waals surface area (Å²) in [6.07, 6.45) is 6.26. The lowest BCUT2D eigenvalue weighted by Gasteiger charge is -2.26. The predicted molar refractivity (Wildman–Crippen MR) is 77.2 cm³/mol. The zero-order chi connectivity index (χ0) is 12.4. The quantitative estimate of drug-likeness (QED) is 0.817. The average molecular weight is 263 g/mol. The van der Waals surface area contributed by atoms with Crippen molar-refractivity contribution in [1.29, 1.82) is 0 Å². The number of piperidine rings is 1. The van der Waals surface area contributed by atoms with Gasteiger partial charge < -0.3 is 9.47 Å². The molecular weight excluding hydrogens is 244 g/mol. The summed E-state index contributed by atoms with van der Waals surface area (Å²) >= 11 is 6.29. The fraction of sp³-hybridized carbons (Fsp3) is 0.467. The lowest BCUT2D eigenvalue weighted by atomic mass is 10.1. The van der Waals surface area contributed by atoms with Crippen LogP contribution in [0.15, 0.2) is 30.5 Å². The lowest BCUT2D eigenvalue weighted by Crippen LogP contribution is -2.32. The molecule has 0 spiro atoms. The fourth-order valence-corrected chi connectivity index (χ4v) is 3.12. The van der Waals surface area contributed by atoms with Crippen LogP contribution in [0.3, 0.4) is 0 Å². The Kier molecular flexibility index (Phi) is 3.57. The zero-order valence-electron chi connectivity index (χ0n) is 10.6. The Bertz CT molecular complexity index is 526. The molecule has 1 aliphatic rings. The van der Waals surface area contributed by atoms with Crippen LogP contribution in [-0.4, -0.2) is 29.1 Å². The van der Waals surface area contributed by atoms with Crippen molar-refractivity contribution in [1.82, 2.24) is 9.47 Å². The summed E-state index contributed by atoms with van der Waals surface area (Å²) in [4.78, 5) is 2.56. The molecule has 0 atom stereocenters. The van der Waals surface area contributed by atoms with Gasteiger partial charge in [0.15, 0.2) is 0 Å². The standard InChI is InChI=1S/C15H19ClN2/c16-14-6-4-5-13-7-10-18(15(13)14)12-11-17-8-2-1-3-9-17/h4-7,10H,1-3,8-9,11-12H2. The predicted octanol–water partition coefficient (Wildman–Crippen LogP) is 3.78. The van der Waals surface area contributed by atoms with Crippen molar-refractivity contribution in [3.8, 4) is 0 Å². The van der Waals surface area contributed by atoms with Gasteiger partial charge in [-0.05, 0) is 38.1 Å². The average Bonchev–Trinajstić information content (AvgIpc) is 2.82. The number of para-hydroxylation sites is 1. The topological polar surface area (TPSA) is 8.17 Å². The lowest BCUT2D eigenvalue weighted by molar-refractivity contribution is 0.221. The van der Waals surface area contributed by atoms with Gasteiger partial charge in [0, 0.05) is 24.7 Å². The Balaban J connectivity index is 1.74. The second-order valence-corrected chi connectivity index (χ2v) is 5.50. The molecule has 1 aliphatic heterocycles. The van der Waals surface area contributed by atoms with E-state index >= 15 is 0 Å². The van der Waals surface area contributed by atoms with Gasteiger partial charge in [0.2, 0.25) is 0 Å². The first-order valence-corrected chi connectivity index (χ1v) is 7.18. The van der Waals surface area contributed by atoms with Gasteiger partial charge in [-0.1, -0.05) is 30.2 Å². The number of fused-ring (bicyclic) bond motifs is 1. The zero-order valence-corrected chi connectivity index (χ0v) is 11.4. The third-order valence-corrected chi connectivity index (χ3v) is 4.15. The van der Waals surface area contributed by atoms with Crippen molar-refractivity contribution in [3.05, 3.63) is 35.5 Å². The number of aromatic nitrogens is 1. The Morgan fingerprint density at radius 3 is 2.67 bits per heavy atom. The molecule has 1 aromatic carbocycles. The molecule has 2 aromatic rings. The Hall–Kier alpha value is -0.990. The van der Waals surface area contributed by atoms with Crippen LogP contribution >= 0.6 is 11.6 Å². The van der Waals surface area contributed by atoms with Gasteiger partial charge in [-0.2, -0.15) is 0 Å². The number of halogens is 1. The van der Waals surface area contributed by atoms with E-state index < -0.39 is 0 Å². The van der Waals surface area contributed by atoms with E-state index in [0.717, 1.165) is 18.1 Å². The second-order valence-electron chi connectivity index (χ2n) is 5.09. The van der Waals surface area contributed by atoms with Gasteiger partial charge in [0.05, 0.1) is 10.5 Å². The SMILES string of the molecule is Clc1cccc2ccn(CCN3CCCCC3)c12. The van der Waals surface area contributed by atoms with Crippen molar-refractivity contribution in [2.75, 3.05) is 19.6 Å². The monoisotopic (exact) mass is 262 g/mol. The summed E-state index contributed by atoms with van der Waals surface area (Å²) in [6, 6.07) is 8.26. The normalized spacial score (nSPS) is 17.4. The molecule has 1 saturated heterocycles. The highest BCUT2D eigenvalue weighted by Gasteiger charge is 2.11. The van der Waals surface area contributed by atoms with E-state index in [0.29, 0.717) is 0 Å². The van der Waals surface area contributed by atoms with E-state index in [4.69, 9.17) is 11.6 Å². The van der Waals surface area contributed by atoms with Crippen molar-refractivity contribution in [2.45, 2.75) is 25.8 Å². The molecule has 1 aromatic heterocycles. The Labute approximate surface area is 113 Å². The first-order valence-electron chi connectivity index (χ1n) is 6.80. The molecule has 3 heteroatoms. The summed E-state index contributed by atoms with van der Waals surface area (Å²) < 4.78 is 2.28.